The van der Waals surface area contributed by atoms with E-state index >= 15 is 0 Å². The van der Waals surface area contributed by atoms with Crippen LogP contribution >= 0.6 is 11.3 Å². The van der Waals surface area contributed by atoms with E-state index in [2.05, 4.69) is 31.2 Å². The highest BCUT2D eigenvalue weighted by Crippen LogP contribution is 2.18. The quantitative estimate of drug-likeness (QED) is 0.784. The van der Waals surface area contributed by atoms with Crippen LogP contribution in [0.1, 0.15) is 31.6 Å². The van der Waals surface area contributed by atoms with E-state index in [1.165, 1.54) is 17.7 Å². The Morgan fingerprint density at radius 2 is 2.14 bits per heavy atom. The van der Waals surface area contributed by atoms with Crippen molar-refractivity contribution >= 4 is 11.3 Å². The summed E-state index contributed by atoms with van der Waals surface area (Å²) >= 11 is 1.75. The van der Waals surface area contributed by atoms with E-state index in [4.69, 9.17) is 0 Å². The molecule has 3 heteroatoms. The Morgan fingerprint density at radius 1 is 1.43 bits per heavy atom. The molecule has 0 saturated heterocycles. The van der Waals surface area contributed by atoms with Gasteiger partial charge in [-0.3, -0.25) is 4.98 Å². The molecule has 0 amide bonds. The van der Waals surface area contributed by atoms with Gasteiger partial charge in [0.05, 0.1) is 5.51 Å². The third-order valence-corrected chi connectivity index (χ3v) is 3.70. The molecule has 80 valence electrons. The van der Waals surface area contributed by atoms with Crippen LogP contribution in [0.5, 0.6) is 0 Å². The summed E-state index contributed by atoms with van der Waals surface area (Å²) in [6.07, 6.45) is 5.60. The molecule has 1 aromatic heterocycles. The summed E-state index contributed by atoms with van der Waals surface area (Å²) in [5.41, 5.74) is 1.91. The third-order valence-electron chi connectivity index (χ3n) is 2.89. The van der Waals surface area contributed by atoms with Gasteiger partial charge >= 0.3 is 0 Å². The fourth-order valence-corrected chi connectivity index (χ4v) is 2.58. The summed E-state index contributed by atoms with van der Waals surface area (Å²) in [6.45, 7) is 4.54. The van der Waals surface area contributed by atoms with Crippen LogP contribution in [0, 0.1) is 5.92 Å². The van der Waals surface area contributed by atoms with Gasteiger partial charge in [-0.05, 0) is 19.4 Å². The van der Waals surface area contributed by atoms with Gasteiger partial charge in [0.1, 0.15) is 0 Å². The SMILES string of the molecule is CCC(CC)C(Cc1cncs1)NC. The lowest BCUT2D eigenvalue weighted by Gasteiger charge is -2.24. The second kappa shape index (κ2) is 6.14. The molecule has 0 fully saturated rings. The molecule has 2 nitrogen and oxygen atoms in total. The highest BCUT2D eigenvalue weighted by molar-refractivity contribution is 7.09. The Kier molecular flexibility index (Phi) is 5.12. The van der Waals surface area contributed by atoms with Gasteiger partial charge in [0.15, 0.2) is 0 Å². The number of hydrogen-bond donors (Lipinski definition) is 1. The second-order valence-corrected chi connectivity index (χ2v) is 4.61. The molecular weight excluding hydrogens is 192 g/mol. The topological polar surface area (TPSA) is 24.9 Å². The monoisotopic (exact) mass is 212 g/mol. The van der Waals surface area contributed by atoms with E-state index in [1.807, 2.05) is 11.7 Å². The number of aromatic nitrogens is 1. The van der Waals surface area contributed by atoms with Crippen molar-refractivity contribution in [2.45, 2.75) is 39.2 Å². The first-order valence-corrected chi connectivity index (χ1v) is 6.24. The molecule has 0 saturated carbocycles. The van der Waals surface area contributed by atoms with E-state index in [1.54, 1.807) is 11.3 Å². The summed E-state index contributed by atoms with van der Waals surface area (Å²) in [7, 11) is 2.06. The van der Waals surface area contributed by atoms with Gasteiger partial charge < -0.3 is 5.32 Å². The summed E-state index contributed by atoms with van der Waals surface area (Å²) in [6, 6.07) is 0.602. The van der Waals surface area contributed by atoms with Gasteiger partial charge in [-0.2, -0.15) is 0 Å². The lowest BCUT2D eigenvalue weighted by atomic mass is 9.92. The second-order valence-electron chi connectivity index (χ2n) is 3.64. The van der Waals surface area contributed by atoms with Crippen molar-refractivity contribution in [3.05, 3.63) is 16.6 Å². The molecule has 0 bridgehead atoms. The van der Waals surface area contributed by atoms with E-state index in [0.29, 0.717) is 6.04 Å². The van der Waals surface area contributed by atoms with Crippen LogP contribution in [0.4, 0.5) is 0 Å². The number of nitrogens with one attached hydrogen (secondary N) is 1. The molecule has 14 heavy (non-hydrogen) atoms. The van der Waals surface area contributed by atoms with Crippen LogP contribution in [-0.4, -0.2) is 18.1 Å². The maximum atomic E-state index is 4.11. The summed E-state index contributed by atoms with van der Waals surface area (Å²) in [5, 5.41) is 3.42. The van der Waals surface area contributed by atoms with E-state index < -0.39 is 0 Å². The Labute approximate surface area is 90.8 Å². The predicted octanol–water partition coefficient (Wildman–Crippen LogP) is 2.71. The molecule has 1 N–H and O–H groups in total. The number of hydrogen-bond acceptors (Lipinski definition) is 3. The van der Waals surface area contributed by atoms with Crippen LogP contribution in [0.3, 0.4) is 0 Å². The normalized spacial score (nSPS) is 13.4. The van der Waals surface area contributed by atoms with Crippen molar-refractivity contribution < 1.29 is 0 Å². The zero-order valence-corrected chi connectivity index (χ0v) is 10.1. The van der Waals surface area contributed by atoms with Crippen LogP contribution in [0.2, 0.25) is 0 Å². The molecule has 0 radical (unpaired) electrons. The van der Waals surface area contributed by atoms with Gasteiger partial charge in [-0.15, -0.1) is 11.3 Å². The zero-order chi connectivity index (χ0) is 10.4. The van der Waals surface area contributed by atoms with Crippen molar-refractivity contribution in [1.29, 1.82) is 0 Å². The lowest BCUT2D eigenvalue weighted by molar-refractivity contribution is 0.350. The first-order valence-electron chi connectivity index (χ1n) is 5.36. The summed E-state index contributed by atoms with van der Waals surface area (Å²) < 4.78 is 0. The molecule has 0 aliphatic carbocycles. The Hall–Kier alpha value is -0.410. The van der Waals surface area contributed by atoms with Crippen LogP contribution in [0.15, 0.2) is 11.7 Å². The van der Waals surface area contributed by atoms with E-state index in [9.17, 15) is 0 Å². The van der Waals surface area contributed by atoms with Gasteiger partial charge in [0.2, 0.25) is 0 Å². The molecule has 1 rings (SSSR count). The van der Waals surface area contributed by atoms with Gasteiger partial charge in [0, 0.05) is 17.1 Å². The van der Waals surface area contributed by atoms with Crippen molar-refractivity contribution in [3.63, 3.8) is 0 Å². The standard InChI is InChI=1S/C11H20N2S/c1-4-9(5-2)11(12-3)6-10-7-13-8-14-10/h7-9,11-12H,4-6H2,1-3H3. The fourth-order valence-electron chi connectivity index (χ4n) is 1.92. The highest BCUT2D eigenvalue weighted by Gasteiger charge is 2.17. The molecule has 0 aromatic carbocycles. The number of likely N-dealkylation sites (N-methyl/N-ethyl adjacent to an activating group) is 1. The molecule has 1 atom stereocenters. The van der Waals surface area contributed by atoms with Crippen molar-refractivity contribution in [2.75, 3.05) is 7.05 Å². The van der Waals surface area contributed by atoms with Gasteiger partial charge in [-0.25, -0.2) is 0 Å². The van der Waals surface area contributed by atoms with Crippen LogP contribution < -0.4 is 5.32 Å². The average Bonchev–Trinajstić information content (AvgIpc) is 2.70. The van der Waals surface area contributed by atoms with Crippen molar-refractivity contribution in [2.24, 2.45) is 5.92 Å². The largest absolute Gasteiger partial charge is 0.316 e. The Balaban J connectivity index is 2.53. The maximum Gasteiger partial charge on any atom is 0.0794 e. The van der Waals surface area contributed by atoms with Crippen molar-refractivity contribution in [1.82, 2.24) is 10.3 Å². The zero-order valence-electron chi connectivity index (χ0n) is 9.29. The van der Waals surface area contributed by atoms with E-state index in [0.717, 1.165) is 12.3 Å². The summed E-state index contributed by atoms with van der Waals surface area (Å²) in [5.74, 6) is 0.780. The van der Waals surface area contributed by atoms with Crippen molar-refractivity contribution in [3.8, 4) is 0 Å². The molecular formula is C11H20N2S. The minimum atomic E-state index is 0.602. The molecule has 1 unspecified atom stereocenters. The first kappa shape index (κ1) is 11.7. The minimum Gasteiger partial charge on any atom is -0.316 e. The third kappa shape index (κ3) is 3.07. The minimum absolute atomic E-state index is 0.602. The molecule has 0 aliphatic rings. The molecule has 0 spiro atoms. The maximum absolute atomic E-state index is 4.11. The average molecular weight is 212 g/mol. The Bertz CT molecular complexity index is 229. The highest BCUT2D eigenvalue weighted by atomic mass is 32.1. The number of nitrogens with zero attached hydrogens (tertiary/aromatic N) is 1. The van der Waals surface area contributed by atoms with Crippen LogP contribution in [-0.2, 0) is 6.42 Å². The summed E-state index contributed by atoms with van der Waals surface area (Å²) in [4.78, 5) is 5.50. The van der Waals surface area contributed by atoms with E-state index in [-0.39, 0.29) is 0 Å². The van der Waals surface area contributed by atoms with Gasteiger partial charge in [0.25, 0.3) is 0 Å². The smallest absolute Gasteiger partial charge is 0.0794 e. The fraction of sp³-hybridized carbons (Fsp3) is 0.727. The molecule has 1 heterocycles. The predicted molar refractivity (Wildman–Crippen MR) is 62.7 cm³/mol. The lowest BCUT2D eigenvalue weighted by Crippen LogP contribution is -2.34. The molecule has 0 aliphatic heterocycles. The van der Waals surface area contributed by atoms with Crippen LogP contribution in [0.25, 0.3) is 0 Å². The van der Waals surface area contributed by atoms with Gasteiger partial charge in [-0.1, -0.05) is 26.7 Å². The molecule has 1 aromatic rings. The Morgan fingerprint density at radius 3 is 2.57 bits per heavy atom. The number of rotatable bonds is 6. The number of thiazole rings is 1. The first-order chi connectivity index (χ1) is 6.81.